The highest BCUT2D eigenvalue weighted by molar-refractivity contribution is 6.28. The predicted octanol–water partition coefficient (Wildman–Crippen LogP) is 2.26. The molecule has 0 unspecified atom stereocenters. The normalized spacial score (nSPS) is 13.2. The van der Waals surface area contributed by atoms with Gasteiger partial charge in [0.15, 0.2) is 11.6 Å². The Morgan fingerprint density at radius 2 is 1.42 bits per heavy atom. The zero-order valence-electron chi connectivity index (χ0n) is 10.4. The number of hydrogen-bond acceptors (Lipinski definition) is 3. The summed E-state index contributed by atoms with van der Waals surface area (Å²) in [6.07, 6.45) is 0. The van der Waals surface area contributed by atoms with Crippen molar-refractivity contribution in [3.05, 3.63) is 69.8 Å². The Hall–Kier alpha value is -2.26. The van der Waals surface area contributed by atoms with Crippen LogP contribution in [0.25, 0.3) is 0 Å². The quantitative estimate of drug-likeness (QED) is 0.722. The summed E-state index contributed by atoms with van der Waals surface area (Å²) in [5.41, 5.74) is 3.21. The summed E-state index contributed by atoms with van der Waals surface area (Å²) in [4.78, 5) is 24.8. The van der Waals surface area contributed by atoms with Crippen LogP contribution in [0.4, 0.5) is 0 Å². The summed E-state index contributed by atoms with van der Waals surface area (Å²) in [5, 5.41) is 9.27. The molecular weight excluding hydrogens is 240 g/mol. The van der Waals surface area contributed by atoms with Crippen LogP contribution >= 0.6 is 0 Å². The van der Waals surface area contributed by atoms with E-state index in [0.29, 0.717) is 27.8 Å². The van der Waals surface area contributed by atoms with E-state index in [1.807, 2.05) is 6.92 Å². The average molecular weight is 252 g/mol. The molecule has 0 aliphatic heterocycles. The Balaban J connectivity index is 2.30. The third-order valence-corrected chi connectivity index (χ3v) is 3.55. The lowest BCUT2D eigenvalue weighted by atomic mass is 9.82. The van der Waals surface area contributed by atoms with Crippen LogP contribution in [0, 0.1) is 6.92 Å². The fraction of sp³-hybridized carbons (Fsp3) is 0.125. The summed E-state index contributed by atoms with van der Waals surface area (Å²) >= 11 is 0. The highest BCUT2D eigenvalue weighted by Crippen LogP contribution is 2.29. The Bertz CT molecular complexity index is 714. The van der Waals surface area contributed by atoms with Gasteiger partial charge in [-0.1, -0.05) is 24.3 Å². The fourth-order valence-corrected chi connectivity index (χ4v) is 2.47. The lowest BCUT2D eigenvalue weighted by Gasteiger charge is -2.19. The number of carbonyl (C=O) groups is 2. The Morgan fingerprint density at radius 1 is 0.895 bits per heavy atom. The summed E-state index contributed by atoms with van der Waals surface area (Å²) in [6, 6.07) is 10.2. The Labute approximate surface area is 110 Å². The highest BCUT2D eigenvalue weighted by atomic mass is 16.3. The van der Waals surface area contributed by atoms with Crippen molar-refractivity contribution in [3.8, 4) is 0 Å². The molecule has 0 radical (unpaired) electrons. The van der Waals surface area contributed by atoms with Gasteiger partial charge < -0.3 is 5.11 Å². The van der Waals surface area contributed by atoms with Crippen molar-refractivity contribution in [2.24, 2.45) is 0 Å². The summed E-state index contributed by atoms with van der Waals surface area (Å²) < 4.78 is 0. The van der Waals surface area contributed by atoms with Gasteiger partial charge in [-0.15, -0.1) is 0 Å². The summed E-state index contributed by atoms with van der Waals surface area (Å²) in [7, 11) is 0. The molecule has 1 aliphatic carbocycles. The molecule has 1 aliphatic rings. The van der Waals surface area contributed by atoms with E-state index in [1.165, 1.54) is 0 Å². The molecule has 0 fully saturated rings. The van der Waals surface area contributed by atoms with Crippen LogP contribution in [0.3, 0.4) is 0 Å². The van der Waals surface area contributed by atoms with Crippen molar-refractivity contribution in [2.45, 2.75) is 13.5 Å². The number of aryl methyl sites for hydroxylation is 1. The molecule has 0 atom stereocenters. The third kappa shape index (κ3) is 1.63. The molecule has 0 amide bonds. The number of rotatable bonds is 1. The minimum Gasteiger partial charge on any atom is -0.392 e. The second-order valence-corrected chi connectivity index (χ2v) is 4.69. The van der Waals surface area contributed by atoms with Crippen molar-refractivity contribution in [2.75, 3.05) is 0 Å². The molecule has 3 rings (SSSR count). The molecule has 0 saturated carbocycles. The van der Waals surface area contributed by atoms with Gasteiger partial charge in [-0.05, 0) is 30.2 Å². The Kier molecular flexibility index (Phi) is 2.57. The van der Waals surface area contributed by atoms with E-state index in [1.54, 1.807) is 36.4 Å². The molecule has 94 valence electrons. The van der Waals surface area contributed by atoms with Crippen LogP contribution in [0.1, 0.15) is 43.0 Å². The standard InChI is InChI=1S/C16H12O3/c1-9-6-13-14(7-10(9)8-17)16(19)12-5-3-2-4-11(12)15(13)18/h2-7,17H,8H2,1H3. The van der Waals surface area contributed by atoms with Crippen LogP contribution in [0.2, 0.25) is 0 Å². The molecule has 3 heteroatoms. The van der Waals surface area contributed by atoms with Gasteiger partial charge in [0.05, 0.1) is 6.61 Å². The first-order valence-corrected chi connectivity index (χ1v) is 6.06. The number of aliphatic hydroxyl groups is 1. The van der Waals surface area contributed by atoms with Crippen molar-refractivity contribution < 1.29 is 14.7 Å². The van der Waals surface area contributed by atoms with Crippen LogP contribution in [0.5, 0.6) is 0 Å². The molecule has 0 aromatic heterocycles. The first-order chi connectivity index (χ1) is 9.13. The average Bonchev–Trinajstić information content (AvgIpc) is 2.44. The molecule has 0 bridgehead atoms. The van der Waals surface area contributed by atoms with Gasteiger partial charge in [0.2, 0.25) is 0 Å². The van der Waals surface area contributed by atoms with E-state index < -0.39 is 0 Å². The number of benzene rings is 2. The van der Waals surface area contributed by atoms with Gasteiger partial charge in [-0.3, -0.25) is 9.59 Å². The fourth-order valence-electron chi connectivity index (χ4n) is 2.47. The van der Waals surface area contributed by atoms with E-state index in [-0.39, 0.29) is 18.2 Å². The van der Waals surface area contributed by atoms with Crippen LogP contribution < -0.4 is 0 Å². The van der Waals surface area contributed by atoms with Gasteiger partial charge in [-0.25, -0.2) is 0 Å². The van der Waals surface area contributed by atoms with Gasteiger partial charge in [-0.2, -0.15) is 0 Å². The van der Waals surface area contributed by atoms with Gasteiger partial charge in [0.1, 0.15) is 0 Å². The lowest BCUT2D eigenvalue weighted by molar-refractivity contribution is 0.0979. The molecule has 2 aromatic carbocycles. The monoisotopic (exact) mass is 252 g/mol. The molecule has 19 heavy (non-hydrogen) atoms. The van der Waals surface area contributed by atoms with Crippen molar-refractivity contribution in [1.82, 2.24) is 0 Å². The summed E-state index contributed by atoms with van der Waals surface area (Å²) in [6.45, 7) is 1.69. The van der Waals surface area contributed by atoms with Gasteiger partial charge >= 0.3 is 0 Å². The second kappa shape index (κ2) is 4.14. The molecule has 1 N–H and O–H groups in total. The van der Waals surface area contributed by atoms with Crippen molar-refractivity contribution >= 4 is 11.6 Å². The van der Waals surface area contributed by atoms with Gasteiger partial charge in [0.25, 0.3) is 0 Å². The zero-order chi connectivity index (χ0) is 13.6. The van der Waals surface area contributed by atoms with E-state index in [0.717, 1.165) is 5.56 Å². The smallest absolute Gasteiger partial charge is 0.194 e. The largest absolute Gasteiger partial charge is 0.392 e. The van der Waals surface area contributed by atoms with Crippen LogP contribution in [-0.2, 0) is 6.61 Å². The first kappa shape index (κ1) is 11.8. The van der Waals surface area contributed by atoms with Crippen LogP contribution in [0.15, 0.2) is 36.4 Å². The number of hydrogen-bond donors (Lipinski definition) is 1. The minimum absolute atomic E-state index is 0.127. The number of aliphatic hydroxyl groups excluding tert-OH is 1. The van der Waals surface area contributed by atoms with Crippen LogP contribution in [-0.4, -0.2) is 16.7 Å². The lowest BCUT2D eigenvalue weighted by Crippen LogP contribution is -2.21. The molecule has 3 nitrogen and oxygen atoms in total. The predicted molar refractivity (Wildman–Crippen MR) is 70.4 cm³/mol. The molecule has 0 spiro atoms. The van der Waals surface area contributed by atoms with Crippen molar-refractivity contribution in [1.29, 1.82) is 0 Å². The molecule has 2 aromatic rings. The van der Waals surface area contributed by atoms with E-state index in [9.17, 15) is 14.7 Å². The van der Waals surface area contributed by atoms with E-state index in [4.69, 9.17) is 0 Å². The maximum atomic E-state index is 12.4. The number of carbonyl (C=O) groups excluding carboxylic acids is 2. The molecular formula is C16H12O3. The van der Waals surface area contributed by atoms with Crippen molar-refractivity contribution in [3.63, 3.8) is 0 Å². The Morgan fingerprint density at radius 3 is 1.95 bits per heavy atom. The maximum Gasteiger partial charge on any atom is 0.194 e. The first-order valence-electron chi connectivity index (χ1n) is 6.06. The van der Waals surface area contributed by atoms with Gasteiger partial charge in [0, 0.05) is 22.3 Å². The number of ketones is 2. The topological polar surface area (TPSA) is 54.4 Å². The molecule has 0 heterocycles. The third-order valence-electron chi connectivity index (χ3n) is 3.55. The maximum absolute atomic E-state index is 12.4. The number of fused-ring (bicyclic) bond motifs is 2. The van der Waals surface area contributed by atoms with E-state index >= 15 is 0 Å². The minimum atomic E-state index is -0.153. The highest BCUT2D eigenvalue weighted by Gasteiger charge is 2.29. The zero-order valence-corrected chi connectivity index (χ0v) is 10.4. The second-order valence-electron chi connectivity index (χ2n) is 4.69. The molecule has 0 saturated heterocycles. The SMILES string of the molecule is Cc1cc2c(cc1CO)C(=O)c1ccccc1C2=O. The van der Waals surface area contributed by atoms with E-state index in [2.05, 4.69) is 0 Å². The summed E-state index contributed by atoms with van der Waals surface area (Å²) in [5.74, 6) is -0.280.